The van der Waals surface area contributed by atoms with Crippen LogP contribution in [0.25, 0.3) is 0 Å². The molecule has 0 unspecified atom stereocenters. The molecule has 0 heterocycles. The third-order valence-corrected chi connectivity index (χ3v) is 0. The maximum absolute atomic E-state index is 2.47. The molecule has 0 atom stereocenters. The summed E-state index contributed by atoms with van der Waals surface area (Å²) in [5.41, 5.74) is 0. The zero-order chi connectivity index (χ0) is 16.2. The first-order chi connectivity index (χ1) is 8.49. The number of hydrogen-bond donors (Lipinski definition) is 0. The second-order valence-electron chi connectivity index (χ2n) is 2.17. The van der Waals surface area contributed by atoms with Crippen molar-refractivity contribution < 1.29 is 0 Å². The van der Waals surface area contributed by atoms with E-state index in [1.807, 2.05) is 0 Å². The summed E-state index contributed by atoms with van der Waals surface area (Å²) < 4.78 is 0. The molecule has 102 valence electrons. The van der Waals surface area contributed by atoms with Crippen LogP contribution in [0.3, 0.4) is 0 Å². The van der Waals surface area contributed by atoms with Gasteiger partial charge in [0, 0.05) is 0 Å². The fourth-order valence-electron chi connectivity index (χ4n) is 0. The van der Waals surface area contributed by atoms with Crippen molar-refractivity contribution in [3.8, 4) is 0 Å². The number of rotatable bonds is 0. The molecule has 18 heavy (non-hydrogen) atoms. The molecule has 0 bridgehead atoms. The van der Waals surface area contributed by atoms with Crippen molar-refractivity contribution >= 4 is 106 Å². The summed E-state index contributed by atoms with van der Waals surface area (Å²) in [5.74, 6) is 0. The van der Waals surface area contributed by atoms with Gasteiger partial charge in [-0.05, 0) is 0 Å². The van der Waals surface area contributed by atoms with Gasteiger partial charge in [-0.3, -0.25) is 0 Å². The Bertz CT molecular complexity index is 38.0. The van der Waals surface area contributed by atoms with E-state index >= 15 is 0 Å². The van der Waals surface area contributed by atoms with Gasteiger partial charge < -0.3 is 0 Å². The summed E-state index contributed by atoms with van der Waals surface area (Å²) in [4.78, 5) is 3.94. The van der Waals surface area contributed by atoms with Crippen molar-refractivity contribution in [2.24, 2.45) is 0 Å². The van der Waals surface area contributed by atoms with Gasteiger partial charge in [0.05, 0.1) is 0 Å². The second-order valence-corrected chi connectivity index (χ2v) is 11.3. The molecule has 0 spiro atoms. The van der Waals surface area contributed by atoms with E-state index in [1.165, 1.54) is 30.6 Å². The summed E-state index contributed by atoms with van der Waals surface area (Å²) in [7, 11) is 0. The molecule has 0 amide bonds. The Kier molecular flexibility index (Phi) is 180. The Balaban J connectivity index is -0.0000000240. The molecule has 0 saturated heterocycles. The predicted octanol–water partition coefficient (Wildman–Crippen LogP) is 3.56. The normalized spacial score (nSPS) is 5.83. The Labute approximate surface area is 176 Å². The van der Waals surface area contributed by atoms with Gasteiger partial charge in [0.2, 0.25) is 0 Å². The molecule has 12 radical (unpaired) electrons. The van der Waals surface area contributed by atoms with Crippen LogP contribution in [-0.2, 0) is 0 Å². The first-order valence-electron chi connectivity index (χ1n) is 6.42. The van der Waals surface area contributed by atoms with Gasteiger partial charge in [-0.1, -0.05) is 0 Å². The van der Waals surface area contributed by atoms with E-state index in [-0.39, 0.29) is 0 Å². The summed E-state index contributed by atoms with van der Waals surface area (Å²) in [5, 5.41) is 3.56. The van der Waals surface area contributed by atoms with Crippen molar-refractivity contribution in [2.75, 3.05) is 0 Å². The molecule has 0 rings (SSSR count). The molecule has 0 nitrogen and oxygen atoms in total. The Morgan fingerprint density at radius 2 is 0.500 bits per heavy atom. The average molecular weight is 608 g/mol. The summed E-state index contributed by atoms with van der Waals surface area (Å²) in [6.07, 6.45) is 0. The fraction of sp³-hybridized carbons (Fsp3) is 1.00. The van der Waals surface area contributed by atoms with Crippen LogP contribution in [0.2, 0.25) is 30.6 Å². The van der Waals surface area contributed by atoms with E-state index in [1.54, 1.807) is 55.8 Å². The van der Waals surface area contributed by atoms with Crippen LogP contribution in [0.5, 0.6) is 0 Å². The van der Waals surface area contributed by atoms with Crippen LogP contribution in [0.1, 0.15) is 41.5 Å². The van der Waals surface area contributed by atoms with Crippen LogP contribution in [0.15, 0.2) is 0 Å². The van der Waals surface area contributed by atoms with E-state index in [0.717, 1.165) is 0 Å². The van der Waals surface area contributed by atoms with Crippen LogP contribution >= 0.6 is 0 Å². The zero-order valence-corrected chi connectivity index (χ0v) is 26.2. The molecular formula is C12H30As3Ga3. The molecule has 0 N–H and O–H groups in total. The third kappa shape index (κ3) is 526. The quantitative estimate of drug-likeness (QED) is 0.370. The van der Waals surface area contributed by atoms with Gasteiger partial charge >= 0.3 is 178 Å². The van der Waals surface area contributed by atoms with Crippen molar-refractivity contribution in [3.63, 3.8) is 0 Å². The molecule has 0 aliphatic rings. The molecular weight excluding hydrogens is 578 g/mol. The first kappa shape index (κ1) is 37.7. The Morgan fingerprint density at radius 1 is 0.500 bits per heavy atom. The Morgan fingerprint density at radius 3 is 0.500 bits per heavy atom. The first-order valence-corrected chi connectivity index (χ1v) is 15.5. The standard InChI is InChI=1S/3C2H5As.3C2H5.3Ga/c3*1-2-3;3*1-2;;;/h3*2H2,1H3;3*1H2,2H3;;;. The average Bonchev–Trinajstić information content (AvgIpc) is 2.23. The molecule has 0 aromatic carbocycles. The molecule has 6 heteroatoms. The predicted molar refractivity (Wildman–Crippen MR) is 97.4 cm³/mol. The van der Waals surface area contributed by atoms with Gasteiger partial charge in [0.1, 0.15) is 0 Å². The van der Waals surface area contributed by atoms with Crippen LogP contribution in [0, 0.1) is 0 Å². The fourth-order valence-corrected chi connectivity index (χ4v) is 0. The van der Waals surface area contributed by atoms with Crippen molar-refractivity contribution in [2.45, 2.75) is 72.1 Å². The molecule has 0 saturated carbocycles. The van der Waals surface area contributed by atoms with Gasteiger partial charge in [-0.15, -0.1) is 0 Å². The minimum atomic E-state index is 1.19. The van der Waals surface area contributed by atoms with E-state index in [0.29, 0.717) is 0 Å². The molecule has 0 fully saturated rings. The number of hydrogen-bond acceptors (Lipinski definition) is 0. The van der Waals surface area contributed by atoms with E-state index in [4.69, 9.17) is 0 Å². The van der Waals surface area contributed by atoms with E-state index in [2.05, 4.69) is 92.1 Å². The van der Waals surface area contributed by atoms with Crippen molar-refractivity contribution in [1.82, 2.24) is 0 Å². The van der Waals surface area contributed by atoms with Gasteiger partial charge in [-0.25, -0.2) is 0 Å². The maximum atomic E-state index is 2.47. The third-order valence-electron chi connectivity index (χ3n) is 0. The van der Waals surface area contributed by atoms with Crippen LogP contribution in [-0.4, -0.2) is 106 Å². The zero-order valence-electron chi connectivity index (χ0n) is 13.3. The summed E-state index contributed by atoms with van der Waals surface area (Å²) >= 11 is 12.8. The summed E-state index contributed by atoms with van der Waals surface area (Å²) in [6.45, 7) is 12.8. The Hall–Kier alpha value is 3.58. The van der Waals surface area contributed by atoms with Crippen molar-refractivity contribution in [3.05, 3.63) is 0 Å². The minimum absolute atomic E-state index is 1.19. The van der Waals surface area contributed by atoms with Crippen LogP contribution < -0.4 is 0 Å². The van der Waals surface area contributed by atoms with Gasteiger partial charge in [-0.2, -0.15) is 0 Å². The second kappa shape index (κ2) is 85.9. The summed E-state index contributed by atoms with van der Waals surface area (Å²) in [6, 6.07) is 0. The van der Waals surface area contributed by atoms with Gasteiger partial charge in [0.15, 0.2) is 0 Å². The van der Waals surface area contributed by atoms with Crippen molar-refractivity contribution in [1.29, 1.82) is 0 Å². The molecule has 0 aromatic rings. The van der Waals surface area contributed by atoms with Gasteiger partial charge in [0.25, 0.3) is 0 Å². The topological polar surface area (TPSA) is 0 Å². The molecule has 0 aliphatic carbocycles. The van der Waals surface area contributed by atoms with E-state index < -0.39 is 0 Å². The molecule has 0 aliphatic heterocycles. The SMILES string of the molecule is CC[As].CC[As].CC[As].C[CH2][Ga].C[CH2][Ga].C[CH2][Ga]. The monoisotopic (exact) mass is 606 g/mol. The van der Waals surface area contributed by atoms with Crippen LogP contribution in [0.4, 0.5) is 0 Å². The van der Waals surface area contributed by atoms with E-state index in [9.17, 15) is 0 Å². The molecule has 0 aromatic heterocycles.